The molecule has 0 radical (unpaired) electrons. The van der Waals surface area contributed by atoms with Gasteiger partial charge in [0.05, 0.1) is 17.8 Å². The Morgan fingerprint density at radius 2 is 2.08 bits per heavy atom. The normalized spacial score (nSPS) is 16.4. The van der Waals surface area contributed by atoms with E-state index in [1.54, 1.807) is 6.92 Å². The molecule has 1 amide bonds. The van der Waals surface area contributed by atoms with Crippen LogP contribution < -0.4 is 15.5 Å². The summed E-state index contributed by atoms with van der Waals surface area (Å²) in [6.07, 6.45) is -3.10. The molecule has 2 N–H and O–H groups in total. The first kappa shape index (κ1) is 18.2. The van der Waals surface area contributed by atoms with E-state index in [1.807, 2.05) is 4.90 Å². The maximum Gasteiger partial charge on any atom is 0.416 e. The fourth-order valence-corrected chi connectivity index (χ4v) is 2.71. The SMILES string of the molecule is CC(NC(=O)c1cnc(N2CCNCC2)o1)c1cccc(C(F)(F)F)c1. The molecule has 140 valence electrons. The number of hydrogen-bond acceptors (Lipinski definition) is 5. The fraction of sp³-hybridized carbons (Fsp3) is 0.412. The van der Waals surface area contributed by atoms with Crippen molar-refractivity contribution in [3.8, 4) is 0 Å². The van der Waals surface area contributed by atoms with Crippen LogP contribution in [0.4, 0.5) is 19.2 Å². The zero-order valence-corrected chi connectivity index (χ0v) is 14.1. The molecule has 0 saturated carbocycles. The third-order valence-electron chi connectivity index (χ3n) is 4.17. The number of halogens is 3. The minimum Gasteiger partial charge on any atom is -0.418 e. The monoisotopic (exact) mass is 368 g/mol. The van der Waals surface area contributed by atoms with Crippen LogP contribution in [0, 0.1) is 0 Å². The van der Waals surface area contributed by atoms with Gasteiger partial charge in [-0.25, -0.2) is 4.98 Å². The molecule has 1 aliphatic heterocycles. The standard InChI is InChI=1S/C17H19F3N4O2/c1-11(12-3-2-4-13(9-12)17(18,19)20)23-15(25)14-10-22-16(26-14)24-7-5-21-6-8-24/h2-4,9-11,21H,5-8H2,1H3,(H,23,25). The van der Waals surface area contributed by atoms with E-state index >= 15 is 0 Å². The number of hydrogen-bond donors (Lipinski definition) is 2. The maximum atomic E-state index is 12.8. The van der Waals surface area contributed by atoms with Crippen molar-refractivity contribution in [2.45, 2.75) is 19.1 Å². The summed E-state index contributed by atoms with van der Waals surface area (Å²) in [6, 6.07) is 4.62. The van der Waals surface area contributed by atoms with Gasteiger partial charge in [-0.2, -0.15) is 13.2 Å². The molecule has 2 heterocycles. The Bertz CT molecular complexity index is 769. The molecule has 0 bridgehead atoms. The minimum absolute atomic E-state index is 0.0253. The Balaban J connectivity index is 1.67. The number of carbonyl (C=O) groups excluding carboxylic acids is 1. The van der Waals surface area contributed by atoms with Crippen LogP contribution in [-0.4, -0.2) is 37.1 Å². The third-order valence-corrected chi connectivity index (χ3v) is 4.17. The van der Waals surface area contributed by atoms with Crippen molar-refractivity contribution in [1.29, 1.82) is 0 Å². The number of nitrogens with zero attached hydrogens (tertiary/aromatic N) is 2. The Hall–Kier alpha value is -2.55. The molecule has 3 rings (SSSR count). The highest BCUT2D eigenvalue weighted by atomic mass is 19.4. The first-order chi connectivity index (χ1) is 12.3. The maximum absolute atomic E-state index is 12.8. The highest BCUT2D eigenvalue weighted by Gasteiger charge is 2.31. The second kappa shape index (κ2) is 7.36. The molecular weight excluding hydrogens is 349 g/mol. The molecule has 0 spiro atoms. The molecule has 9 heteroatoms. The van der Waals surface area contributed by atoms with Crippen molar-refractivity contribution >= 4 is 11.9 Å². The van der Waals surface area contributed by atoms with Crippen molar-refractivity contribution in [3.63, 3.8) is 0 Å². The fourth-order valence-electron chi connectivity index (χ4n) is 2.71. The van der Waals surface area contributed by atoms with Gasteiger partial charge in [0.1, 0.15) is 0 Å². The van der Waals surface area contributed by atoms with Gasteiger partial charge in [0.25, 0.3) is 11.9 Å². The predicted octanol–water partition coefficient (Wildman–Crippen LogP) is 2.59. The van der Waals surface area contributed by atoms with E-state index in [4.69, 9.17) is 4.42 Å². The van der Waals surface area contributed by atoms with E-state index < -0.39 is 23.7 Å². The van der Waals surface area contributed by atoms with Gasteiger partial charge >= 0.3 is 6.18 Å². The molecule has 2 aromatic rings. The summed E-state index contributed by atoms with van der Waals surface area (Å²) >= 11 is 0. The Kier molecular flexibility index (Phi) is 5.17. The molecule has 1 unspecified atom stereocenters. The number of rotatable bonds is 4. The van der Waals surface area contributed by atoms with Crippen LogP contribution in [0.2, 0.25) is 0 Å². The zero-order chi connectivity index (χ0) is 18.7. The number of benzene rings is 1. The van der Waals surface area contributed by atoms with Gasteiger partial charge < -0.3 is 20.0 Å². The van der Waals surface area contributed by atoms with Gasteiger partial charge in [0, 0.05) is 26.2 Å². The number of amides is 1. The van der Waals surface area contributed by atoms with Crippen LogP contribution in [0.3, 0.4) is 0 Å². The zero-order valence-electron chi connectivity index (χ0n) is 14.1. The average molecular weight is 368 g/mol. The predicted molar refractivity (Wildman–Crippen MR) is 88.9 cm³/mol. The lowest BCUT2D eigenvalue weighted by Gasteiger charge is -2.25. The van der Waals surface area contributed by atoms with Crippen LogP contribution in [-0.2, 0) is 6.18 Å². The average Bonchev–Trinajstić information content (AvgIpc) is 3.12. The third kappa shape index (κ3) is 4.16. The van der Waals surface area contributed by atoms with Crippen LogP contribution in [0.15, 0.2) is 34.9 Å². The number of anilines is 1. The van der Waals surface area contributed by atoms with Crippen molar-refractivity contribution in [3.05, 3.63) is 47.3 Å². The van der Waals surface area contributed by atoms with Crippen LogP contribution in [0.1, 0.15) is 34.6 Å². The van der Waals surface area contributed by atoms with Gasteiger partial charge in [-0.05, 0) is 24.6 Å². The minimum atomic E-state index is -4.43. The molecule has 1 aliphatic rings. The van der Waals surface area contributed by atoms with E-state index in [2.05, 4.69) is 15.6 Å². The van der Waals surface area contributed by atoms with E-state index in [-0.39, 0.29) is 5.76 Å². The summed E-state index contributed by atoms with van der Waals surface area (Å²) in [5.41, 5.74) is -0.397. The van der Waals surface area contributed by atoms with Crippen LogP contribution in [0.25, 0.3) is 0 Å². The van der Waals surface area contributed by atoms with Crippen LogP contribution >= 0.6 is 0 Å². The second-order valence-corrected chi connectivity index (χ2v) is 6.06. The van der Waals surface area contributed by atoms with Gasteiger partial charge in [-0.3, -0.25) is 4.79 Å². The first-order valence-corrected chi connectivity index (χ1v) is 8.24. The molecule has 0 aliphatic carbocycles. The summed E-state index contributed by atoms with van der Waals surface area (Å²) < 4.78 is 44.0. The number of nitrogens with one attached hydrogen (secondary N) is 2. The molecule has 6 nitrogen and oxygen atoms in total. The summed E-state index contributed by atoms with van der Waals surface area (Å²) in [5, 5.41) is 5.84. The summed E-state index contributed by atoms with van der Waals surface area (Å²) in [5.74, 6) is -0.499. The van der Waals surface area contributed by atoms with E-state index in [1.165, 1.54) is 18.3 Å². The topological polar surface area (TPSA) is 70.4 Å². The number of aromatic nitrogens is 1. The van der Waals surface area contributed by atoms with Gasteiger partial charge in [0.2, 0.25) is 5.76 Å². The molecular formula is C17H19F3N4O2. The summed E-state index contributed by atoms with van der Waals surface area (Å²) in [6.45, 7) is 4.67. The van der Waals surface area contributed by atoms with E-state index in [0.717, 1.165) is 38.3 Å². The van der Waals surface area contributed by atoms with Gasteiger partial charge in [-0.1, -0.05) is 12.1 Å². The smallest absolute Gasteiger partial charge is 0.416 e. The first-order valence-electron chi connectivity index (χ1n) is 8.24. The Labute approximate surface area is 148 Å². The quantitative estimate of drug-likeness (QED) is 0.868. The van der Waals surface area contributed by atoms with Crippen molar-refractivity contribution < 1.29 is 22.4 Å². The highest BCUT2D eigenvalue weighted by Crippen LogP contribution is 2.30. The van der Waals surface area contributed by atoms with Gasteiger partial charge in [0.15, 0.2) is 0 Å². The van der Waals surface area contributed by atoms with E-state index in [9.17, 15) is 18.0 Å². The number of alkyl halides is 3. The lowest BCUT2D eigenvalue weighted by atomic mass is 10.0. The van der Waals surface area contributed by atoms with Gasteiger partial charge in [-0.15, -0.1) is 0 Å². The summed E-state index contributed by atoms with van der Waals surface area (Å²) in [4.78, 5) is 18.3. The highest BCUT2D eigenvalue weighted by molar-refractivity contribution is 5.91. The van der Waals surface area contributed by atoms with Crippen molar-refractivity contribution in [1.82, 2.24) is 15.6 Å². The molecule has 1 atom stereocenters. The van der Waals surface area contributed by atoms with E-state index in [0.29, 0.717) is 11.6 Å². The lowest BCUT2D eigenvalue weighted by Crippen LogP contribution is -2.43. The Morgan fingerprint density at radius 3 is 2.77 bits per heavy atom. The molecule has 26 heavy (non-hydrogen) atoms. The number of oxazole rings is 1. The summed E-state index contributed by atoms with van der Waals surface area (Å²) in [7, 11) is 0. The number of piperazine rings is 1. The molecule has 1 saturated heterocycles. The largest absolute Gasteiger partial charge is 0.418 e. The molecule has 1 fully saturated rings. The van der Waals surface area contributed by atoms with Crippen molar-refractivity contribution in [2.24, 2.45) is 0 Å². The lowest BCUT2D eigenvalue weighted by molar-refractivity contribution is -0.137. The van der Waals surface area contributed by atoms with Crippen molar-refractivity contribution in [2.75, 3.05) is 31.1 Å². The second-order valence-electron chi connectivity index (χ2n) is 6.06. The Morgan fingerprint density at radius 1 is 1.35 bits per heavy atom. The van der Waals surface area contributed by atoms with Crippen LogP contribution in [0.5, 0.6) is 0 Å². The molecule has 1 aromatic carbocycles. The number of carbonyl (C=O) groups is 1. The molecule has 1 aromatic heterocycles.